The van der Waals surface area contributed by atoms with Crippen molar-refractivity contribution in [3.05, 3.63) is 93.2 Å². The first-order chi connectivity index (χ1) is 14.9. The van der Waals surface area contributed by atoms with Crippen LogP contribution in [0.4, 0.5) is 0 Å². The molecule has 4 rings (SSSR count). The van der Waals surface area contributed by atoms with E-state index in [1.165, 1.54) is 0 Å². The number of rotatable bonds is 0. The molecule has 2 N–H and O–H groups in total. The fourth-order valence-electron chi connectivity index (χ4n) is 2.67. The second-order valence-electron chi connectivity index (χ2n) is 5.81. The molecule has 11 heteroatoms. The molecule has 0 fully saturated rings. The molecule has 0 bridgehead atoms. The van der Waals surface area contributed by atoms with E-state index in [2.05, 4.69) is 0 Å². The summed E-state index contributed by atoms with van der Waals surface area (Å²) in [6.45, 7) is 0. The average Bonchev–Trinajstić information content (AvgIpc) is 2.79. The van der Waals surface area contributed by atoms with E-state index >= 15 is 0 Å². The van der Waals surface area contributed by atoms with Crippen molar-refractivity contribution in [2.75, 3.05) is 0 Å². The third kappa shape index (κ3) is 5.50. The molecule has 0 amide bonds. The Hall–Kier alpha value is -3.18. The molecular formula is C20H12Cl2N6O2Sn. The Morgan fingerprint density at radius 1 is 0.742 bits per heavy atom. The second kappa shape index (κ2) is 11.3. The van der Waals surface area contributed by atoms with Crippen molar-refractivity contribution >= 4 is 58.5 Å². The zero-order valence-electron chi connectivity index (χ0n) is 15.6. The Labute approximate surface area is 193 Å². The topological polar surface area (TPSA) is 151 Å². The molecule has 0 aliphatic rings. The molecule has 0 aliphatic carbocycles. The summed E-state index contributed by atoms with van der Waals surface area (Å²) in [5, 5.41) is 56.5. The van der Waals surface area contributed by atoms with Crippen LogP contribution in [0, 0.1) is 43.9 Å². The number of fused-ring (bicyclic) bond motifs is 2. The molecule has 0 radical (unpaired) electrons. The molecule has 0 aliphatic heterocycles. The Kier molecular flexibility index (Phi) is 8.76. The number of aromatic nitrogens is 2. The minimum atomic E-state index is -0.826. The maximum atomic E-state index is 11.5. The monoisotopic (exact) mass is 558 g/mol. The first-order valence-electron chi connectivity index (χ1n) is 8.39. The van der Waals surface area contributed by atoms with Crippen LogP contribution in [0.2, 0.25) is 0 Å². The van der Waals surface area contributed by atoms with Gasteiger partial charge in [-0.05, 0) is 35.0 Å². The van der Waals surface area contributed by atoms with Crippen LogP contribution in [0.15, 0.2) is 60.7 Å². The van der Waals surface area contributed by atoms with Gasteiger partial charge >= 0.3 is 36.7 Å². The molecule has 31 heavy (non-hydrogen) atoms. The summed E-state index contributed by atoms with van der Waals surface area (Å²) < 4.78 is 0.932. The van der Waals surface area contributed by atoms with Gasteiger partial charge in [0.25, 0.3) is 0 Å². The van der Waals surface area contributed by atoms with Gasteiger partial charge in [-0.3, -0.25) is 10.8 Å². The van der Waals surface area contributed by atoms with Crippen molar-refractivity contribution in [2.24, 2.45) is 0 Å². The van der Waals surface area contributed by atoms with E-state index < -0.39 is 18.9 Å². The number of pyridine rings is 2. The van der Waals surface area contributed by atoms with Gasteiger partial charge in [-0.2, -0.15) is 10.5 Å². The number of halogens is 2. The van der Waals surface area contributed by atoms with E-state index in [4.69, 9.17) is 39.2 Å². The van der Waals surface area contributed by atoms with Crippen molar-refractivity contribution in [3.8, 4) is 12.1 Å². The summed E-state index contributed by atoms with van der Waals surface area (Å²) >= 11 is -0.826. The Balaban J connectivity index is 0.000000196. The molecule has 2 heterocycles. The third-order valence-electron chi connectivity index (χ3n) is 4.07. The van der Waals surface area contributed by atoms with Gasteiger partial charge in [0, 0.05) is 11.0 Å². The predicted molar refractivity (Wildman–Crippen MR) is 120 cm³/mol. The van der Waals surface area contributed by atoms with Crippen LogP contribution in [-0.4, -0.2) is 28.3 Å². The molecule has 0 saturated carbocycles. The summed E-state index contributed by atoms with van der Waals surface area (Å²) in [7, 11) is 9.87. The molecule has 4 aromatic rings. The second-order valence-corrected chi connectivity index (χ2v) is 10.1. The molecule has 0 unspecified atom stereocenters. The van der Waals surface area contributed by atoms with Crippen LogP contribution in [0.5, 0.6) is 0 Å². The van der Waals surface area contributed by atoms with Gasteiger partial charge in [-0.25, -0.2) is 0 Å². The number of hydrogen-bond acceptors (Lipinski definition) is 6. The van der Waals surface area contributed by atoms with E-state index in [0.29, 0.717) is 31.3 Å². The summed E-state index contributed by atoms with van der Waals surface area (Å²) in [6.07, 6.45) is 0. The Morgan fingerprint density at radius 3 is 1.39 bits per heavy atom. The van der Waals surface area contributed by atoms with Gasteiger partial charge in [0.1, 0.15) is 23.1 Å². The fraction of sp³-hybridized carbons (Fsp3) is 0. The number of nitrogens with zero attached hydrogens (tertiary/aromatic N) is 4. The standard InChI is InChI=1S/2C10H6N3O.2ClH.Sn/c2*11-6-8-5-7-3-1-2-4-9(7)13(14)10(8)12;;;/h2*1-5,12H;2*1H;/q2*-1;;;+4/p-2. The van der Waals surface area contributed by atoms with Gasteiger partial charge in [0.05, 0.1) is 11.1 Å². The van der Waals surface area contributed by atoms with Crippen LogP contribution in [0.1, 0.15) is 11.1 Å². The van der Waals surface area contributed by atoms with E-state index in [-0.39, 0.29) is 22.1 Å². The van der Waals surface area contributed by atoms with Crippen LogP contribution in [0.3, 0.4) is 0 Å². The van der Waals surface area contributed by atoms with Crippen LogP contribution < -0.4 is 11.0 Å². The summed E-state index contributed by atoms with van der Waals surface area (Å²) in [4.78, 5) is 0. The fourth-order valence-corrected chi connectivity index (χ4v) is 2.67. The first kappa shape index (κ1) is 24.1. The SMILES string of the molecule is N#Cc1cc2ccccc2n([O-])c1=N.N#Cc1cc2ccccc2n([O-])c1=N.[Cl][Sn+2][Cl]. The Morgan fingerprint density at radius 2 is 1.06 bits per heavy atom. The molecule has 8 nitrogen and oxygen atoms in total. The third-order valence-corrected chi connectivity index (χ3v) is 4.07. The molecule has 2 aromatic carbocycles. The van der Waals surface area contributed by atoms with E-state index in [1.54, 1.807) is 60.7 Å². The van der Waals surface area contributed by atoms with Crippen molar-refractivity contribution in [2.45, 2.75) is 0 Å². The maximum absolute atomic E-state index is 11.5. The minimum absolute atomic E-state index is 0.0960. The number of para-hydroxylation sites is 2. The summed E-state index contributed by atoms with van der Waals surface area (Å²) in [6, 6.07) is 20.5. The van der Waals surface area contributed by atoms with Crippen LogP contribution in [-0.2, 0) is 0 Å². The summed E-state index contributed by atoms with van der Waals surface area (Å²) in [5.41, 5.74) is 0.419. The van der Waals surface area contributed by atoms with Gasteiger partial charge in [0.2, 0.25) is 0 Å². The van der Waals surface area contributed by atoms with Crippen molar-refractivity contribution in [1.29, 1.82) is 21.3 Å². The van der Waals surface area contributed by atoms with Gasteiger partial charge in [0.15, 0.2) is 0 Å². The molecule has 2 aromatic heterocycles. The van der Waals surface area contributed by atoms with Gasteiger partial charge < -0.3 is 19.9 Å². The van der Waals surface area contributed by atoms with Crippen LogP contribution in [0.25, 0.3) is 21.8 Å². The quantitative estimate of drug-likeness (QED) is 0.317. The zero-order valence-corrected chi connectivity index (χ0v) is 20.0. The van der Waals surface area contributed by atoms with Crippen LogP contribution >= 0.6 is 17.8 Å². The number of nitrogens with one attached hydrogen (secondary N) is 2. The van der Waals surface area contributed by atoms with E-state index in [0.717, 1.165) is 0 Å². The van der Waals surface area contributed by atoms with E-state index in [9.17, 15) is 10.4 Å². The predicted octanol–water partition coefficient (Wildman–Crippen LogP) is 3.67. The normalized spacial score (nSPS) is 9.29. The van der Waals surface area contributed by atoms with Crippen molar-refractivity contribution in [1.82, 2.24) is 9.46 Å². The van der Waals surface area contributed by atoms with Crippen molar-refractivity contribution in [3.63, 3.8) is 0 Å². The molecule has 0 atom stereocenters. The zero-order chi connectivity index (χ0) is 23.0. The number of benzene rings is 2. The van der Waals surface area contributed by atoms with E-state index in [1.807, 2.05) is 12.1 Å². The number of hydrogen-bond donors (Lipinski definition) is 2. The first-order valence-corrected chi connectivity index (χ1v) is 15.6. The number of nitriles is 2. The van der Waals surface area contributed by atoms with Gasteiger partial charge in [-0.1, -0.05) is 36.4 Å². The molecule has 0 spiro atoms. The molecule has 152 valence electrons. The Bertz CT molecular complexity index is 1330. The molecular weight excluding hydrogens is 546 g/mol. The molecule has 0 saturated heterocycles. The van der Waals surface area contributed by atoms with Crippen molar-refractivity contribution < 1.29 is 0 Å². The summed E-state index contributed by atoms with van der Waals surface area (Å²) in [5.74, 6) is 0. The van der Waals surface area contributed by atoms with Gasteiger partial charge in [-0.15, -0.1) is 0 Å². The average molecular weight is 558 g/mol.